The van der Waals surface area contributed by atoms with Crippen molar-refractivity contribution in [1.29, 1.82) is 0 Å². The summed E-state index contributed by atoms with van der Waals surface area (Å²) in [6, 6.07) is 16.4. The Morgan fingerprint density at radius 2 is 1.70 bits per heavy atom. The summed E-state index contributed by atoms with van der Waals surface area (Å²) in [4.78, 5) is 24.0. The zero-order valence-corrected chi connectivity index (χ0v) is 12.3. The van der Waals surface area contributed by atoms with Crippen LogP contribution in [0.3, 0.4) is 0 Å². The third-order valence-electron chi connectivity index (χ3n) is 3.78. The zero-order valence-electron chi connectivity index (χ0n) is 12.3. The monoisotopic (exact) mass is 304 g/mol. The fourth-order valence-electron chi connectivity index (χ4n) is 2.77. The highest BCUT2D eigenvalue weighted by atomic mass is 16.5. The van der Waals surface area contributed by atoms with Gasteiger partial charge in [0.25, 0.3) is 0 Å². The number of para-hydroxylation sites is 1. The second-order valence-corrected chi connectivity index (χ2v) is 5.35. The predicted octanol–water partition coefficient (Wildman–Crippen LogP) is 4.02. The minimum atomic E-state index is -0.459. The minimum absolute atomic E-state index is 0.138. The molecule has 0 atom stereocenters. The van der Waals surface area contributed by atoms with Crippen molar-refractivity contribution in [2.45, 2.75) is 6.92 Å². The minimum Gasteiger partial charge on any atom is -0.452 e. The molecule has 23 heavy (non-hydrogen) atoms. The molecule has 0 radical (unpaired) electrons. The molecule has 4 rings (SSSR count). The van der Waals surface area contributed by atoms with E-state index in [1.54, 1.807) is 18.2 Å². The Morgan fingerprint density at radius 1 is 0.957 bits per heavy atom. The van der Waals surface area contributed by atoms with Gasteiger partial charge in [-0.3, -0.25) is 9.59 Å². The van der Waals surface area contributed by atoms with E-state index in [4.69, 9.17) is 9.15 Å². The third-order valence-corrected chi connectivity index (χ3v) is 3.78. The maximum Gasteiger partial charge on any atom is 0.308 e. The molecule has 4 aromatic rings. The quantitative estimate of drug-likeness (QED) is 0.303. The number of rotatable bonds is 1. The number of carbonyl (C=O) groups is 1. The van der Waals surface area contributed by atoms with Crippen molar-refractivity contribution in [2.24, 2.45) is 0 Å². The van der Waals surface area contributed by atoms with Crippen LogP contribution in [0.2, 0.25) is 0 Å². The van der Waals surface area contributed by atoms with Crippen LogP contribution >= 0.6 is 0 Å². The summed E-state index contributed by atoms with van der Waals surface area (Å²) >= 11 is 0. The molecule has 0 aliphatic heterocycles. The Kier molecular flexibility index (Phi) is 2.91. The molecule has 4 heteroatoms. The number of hydrogen-bond acceptors (Lipinski definition) is 4. The van der Waals surface area contributed by atoms with Gasteiger partial charge in [0.05, 0.1) is 10.8 Å². The number of esters is 1. The molecule has 1 aromatic heterocycles. The number of ether oxygens (including phenoxy) is 1. The average molecular weight is 304 g/mol. The summed E-state index contributed by atoms with van der Waals surface area (Å²) in [7, 11) is 0. The van der Waals surface area contributed by atoms with Gasteiger partial charge in [-0.15, -0.1) is 0 Å². The van der Waals surface area contributed by atoms with Gasteiger partial charge in [0.15, 0.2) is 11.3 Å². The number of hydrogen-bond donors (Lipinski definition) is 0. The van der Waals surface area contributed by atoms with Crippen molar-refractivity contribution < 1.29 is 13.9 Å². The molecule has 0 saturated heterocycles. The number of carbonyl (C=O) groups excluding carboxylic acids is 1. The Hall–Kier alpha value is -3.14. The highest BCUT2D eigenvalue weighted by Gasteiger charge is 2.13. The van der Waals surface area contributed by atoms with Crippen LogP contribution in [0.25, 0.3) is 32.7 Å². The highest BCUT2D eigenvalue weighted by Crippen LogP contribution is 2.29. The molecule has 112 valence electrons. The molecule has 0 amide bonds. The predicted molar refractivity (Wildman–Crippen MR) is 88.8 cm³/mol. The first-order valence-electron chi connectivity index (χ1n) is 7.20. The van der Waals surface area contributed by atoms with Crippen LogP contribution in [-0.4, -0.2) is 5.97 Å². The van der Waals surface area contributed by atoms with Crippen molar-refractivity contribution >= 4 is 38.7 Å². The first-order valence-corrected chi connectivity index (χ1v) is 7.20. The van der Waals surface area contributed by atoms with E-state index in [-0.39, 0.29) is 16.8 Å². The second kappa shape index (κ2) is 4.95. The van der Waals surface area contributed by atoms with Gasteiger partial charge >= 0.3 is 5.97 Å². The Bertz CT molecular complexity index is 1140. The Labute approximate surface area is 130 Å². The van der Waals surface area contributed by atoms with Gasteiger partial charge in [0, 0.05) is 6.92 Å². The average Bonchev–Trinajstić information content (AvgIpc) is 2.54. The van der Waals surface area contributed by atoms with E-state index in [0.717, 1.165) is 10.8 Å². The number of benzene rings is 3. The van der Waals surface area contributed by atoms with Crippen molar-refractivity contribution in [3.05, 3.63) is 64.8 Å². The topological polar surface area (TPSA) is 56.5 Å². The van der Waals surface area contributed by atoms with Crippen molar-refractivity contribution in [3.63, 3.8) is 0 Å². The molecule has 0 saturated carbocycles. The zero-order chi connectivity index (χ0) is 16.0. The van der Waals surface area contributed by atoms with Gasteiger partial charge in [0.2, 0.25) is 5.43 Å². The molecule has 0 bridgehead atoms. The summed E-state index contributed by atoms with van der Waals surface area (Å²) in [6.45, 7) is 1.31. The lowest BCUT2D eigenvalue weighted by atomic mass is 10.1. The summed E-state index contributed by atoms with van der Waals surface area (Å²) in [5.41, 5.74) is 0.622. The fraction of sp³-hybridized carbons (Fsp3) is 0.0526. The standard InChI is InChI=1S/C19H12O4/c1-11(20)22-16-8-4-7-14-18(21)15-9-12-5-2-3-6-13(12)10-17(15)23-19(14)16/h2-10H,1H3. The van der Waals surface area contributed by atoms with Gasteiger partial charge in [-0.2, -0.15) is 0 Å². The first-order chi connectivity index (χ1) is 11.1. The molecule has 3 aromatic carbocycles. The number of fused-ring (bicyclic) bond motifs is 3. The van der Waals surface area contributed by atoms with Gasteiger partial charge in [-0.25, -0.2) is 0 Å². The van der Waals surface area contributed by atoms with E-state index >= 15 is 0 Å². The molecule has 0 spiro atoms. The van der Waals surface area contributed by atoms with Crippen LogP contribution in [0.4, 0.5) is 0 Å². The first kappa shape index (κ1) is 13.5. The van der Waals surface area contributed by atoms with Crippen LogP contribution in [0.5, 0.6) is 5.75 Å². The molecule has 0 unspecified atom stereocenters. The smallest absolute Gasteiger partial charge is 0.308 e. The summed E-state index contributed by atoms with van der Waals surface area (Å²) < 4.78 is 11.0. The van der Waals surface area contributed by atoms with Crippen LogP contribution in [0.1, 0.15) is 6.92 Å². The van der Waals surface area contributed by atoms with E-state index < -0.39 is 5.97 Å². The van der Waals surface area contributed by atoms with E-state index in [1.807, 2.05) is 36.4 Å². The van der Waals surface area contributed by atoms with E-state index in [9.17, 15) is 9.59 Å². The SMILES string of the molecule is CC(=O)Oc1cccc2c(=O)c3cc4ccccc4cc3oc12. The summed E-state index contributed by atoms with van der Waals surface area (Å²) in [5.74, 6) is -0.207. The highest BCUT2D eigenvalue weighted by molar-refractivity contribution is 6.00. The Balaban J connectivity index is 2.15. The van der Waals surface area contributed by atoms with E-state index in [1.165, 1.54) is 6.92 Å². The maximum atomic E-state index is 12.8. The van der Waals surface area contributed by atoms with Crippen LogP contribution in [0.15, 0.2) is 63.8 Å². The molecular weight excluding hydrogens is 292 g/mol. The van der Waals surface area contributed by atoms with Gasteiger partial charge in [0.1, 0.15) is 5.58 Å². The fourth-order valence-corrected chi connectivity index (χ4v) is 2.77. The van der Waals surface area contributed by atoms with Crippen molar-refractivity contribution in [2.75, 3.05) is 0 Å². The van der Waals surface area contributed by atoms with Gasteiger partial charge in [-0.05, 0) is 35.0 Å². The molecule has 1 heterocycles. The maximum absolute atomic E-state index is 12.8. The molecule has 0 N–H and O–H groups in total. The molecular formula is C19H12O4. The Morgan fingerprint density at radius 3 is 2.43 bits per heavy atom. The summed E-state index contributed by atoms with van der Waals surface area (Å²) in [6.07, 6.45) is 0. The molecule has 4 nitrogen and oxygen atoms in total. The normalized spacial score (nSPS) is 11.2. The van der Waals surface area contributed by atoms with E-state index in [0.29, 0.717) is 16.4 Å². The van der Waals surface area contributed by atoms with Crippen LogP contribution in [0, 0.1) is 0 Å². The van der Waals surface area contributed by atoms with Gasteiger partial charge in [-0.1, -0.05) is 30.3 Å². The van der Waals surface area contributed by atoms with Crippen LogP contribution < -0.4 is 10.2 Å². The lowest BCUT2D eigenvalue weighted by molar-refractivity contribution is -0.131. The second-order valence-electron chi connectivity index (χ2n) is 5.35. The van der Waals surface area contributed by atoms with E-state index in [2.05, 4.69) is 0 Å². The lowest BCUT2D eigenvalue weighted by Crippen LogP contribution is -2.06. The lowest BCUT2D eigenvalue weighted by Gasteiger charge is -2.07. The molecule has 0 fully saturated rings. The summed E-state index contributed by atoms with van der Waals surface area (Å²) in [5, 5.41) is 2.86. The van der Waals surface area contributed by atoms with Crippen LogP contribution in [-0.2, 0) is 4.79 Å². The molecule has 0 aliphatic rings. The van der Waals surface area contributed by atoms with Crippen molar-refractivity contribution in [1.82, 2.24) is 0 Å². The largest absolute Gasteiger partial charge is 0.452 e. The third kappa shape index (κ3) is 2.16. The van der Waals surface area contributed by atoms with Crippen molar-refractivity contribution in [3.8, 4) is 5.75 Å². The van der Waals surface area contributed by atoms with Gasteiger partial charge < -0.3 is 9.15 Å². The molecule has 0 aliphatic carbocycles.